The minimum absolute atomic E-state index is 0.278. The van der Waals surface area contributed by atoms with Crippen LogP contribution in [0.5, 0.6) is 11.5 Å². The standard InChI is InChI=1S/C22H22N4O3/c1-13-4-5-14(2)17(10-13)25-22-23-15(3)11-18(26-22)21(27)24-16-6-7-19-20(12-16)29-9-8-28-19/h4-7,10-12H,8-9H2,1-3H3,(H,24,27)(H,23,25,26). The van der Waals surface area contributed by atoms with Crippen LogP contribution in [0.2, 0.25) is 0 Å². The average Bonchev–Trinajstić information content (AvgIpc) is 2.70. The molecule has 2 N–H and O–H groups in total. The lowest BCUT2D eigenvalue weighted by Gasteiger charge is -2.19. The second kappa shape index (κ2) is 7.79. The monoisotopic (exact) mass is 390 g/mol. The van der Waals surface area contributed by atoms with Crippen LogP contribution in [-0.2, 0) is 0 Å². The molecule has 0 fully saturated rings. The van der Waals surface area contributed by atoms with Crippen LogP contribution in [0, 0.1) is 20.8 Å². The number of anilines is 3. The summed E-state index contributed by atoms with van der Waals surface area (Å²) in [6, 6.07) is 13.1. The van der Waals surface area contributed by atoms with Crippen molar-refractivity contribution in [2.45, 2.75) is 20.8 Å². The Hall–Kier alpha value is -3.61. The molecule has 1 aromatic heterocycles. The molecule has 7 heteroatoms. The van der Waals surface area contributed by atoms with Gasteiger partial charge in [0.2, 0.25) is 5.95 Å². The van der Waals surface area contributed by atoms with E-state index >= 15 is 0 Å². The Morgan fingerprint density at radius 1 is 0.931 bits per heavy atom. The lowest BCUT2D eigenvalue weighted by atomic mass is 10.1. The molecular formula is C22H22N4O3. The predicted molar refractivity (Wildman–Crippen MR) is 111 cm³/mol. The molecule has 0 saturated carbocycles. The van der Waals surface area contributed by atoms with E-state index in [9.17, 15) is 4.79 Å². The molecule has 3 aromatic rings. The van der Waals surface area contributed by atoms with E-state index in [1.54, 1.807) is 24.3 Å². The zero-order chi connectivity index (χ0) is 20.4. The Balaban J connectivity index is 1.55. The van der Waals surface area contributed by atoms with Crippen LogP contribution in [0.1, 0.15) is 27.3 Å². The summed E-state index contributed by atoms with van der Waals surface area (Å²) in [4.78, 5) is 21.6. The molecular weight excluding hydrogens is 368 g/mol. The lowest BCUT2D eigenvalue weighted by molar-refractivity contribution is 0.102. The first kappa shape index (κ1) is 18.7. The smallest absolute Gasteiger partial charge is 0.274 e. The molecule has 29 heavy (non-hydrogen) atoms. The first-order valence-corrected chi connectivity index (χ1v) is 9.39. The number of fused-ring (bicyclic) bond motifs is 1. The Morgan fingerprint density at radius 3 is 2.55 bits per heavy atom. The highest BCUT2D eigenvalue weighted by atomic mass is 16.6. The molecule has 7 nitrogen and oxygen atoms in total. The van der Waals surface area contributed by atoms with Gasteiger partial charge < -0.3 is 20.1 Å². The van der Waals surface area contributed by atoms with Crippen LogP contribution in [0.4, 0.5) is 17.3 Å². The highest BCUT2D eigenvalue weighted by molar-refractivity contribution is 6.03. The molecule has 4 rings (SSSR count). The van der Waals surface area contributed by atoms with Crippen molar-refractivity contribution >= 4 is 23.2 Å². The first-order valence-electron chi connectivity index (χ1n) is 9.39. The summed E-state index contributed by atoms with van der Waals surface area (Å²) in [5.41, 5.74) is 4.69. The molecule has 1 aliphatic heterocycles. The normalized spacial score (nSPS) is 12.4. The summed E-state index contributed by atoms with van der Waals surface area (Å²) in [7, 11) is 0. The average molecular weight is 390 g/mol. The SMILES string of the molecule is Cc1ccc(C)c(Nc2nc(C)cc(C(=O)Nc3ccc4c(c3)OCCO4)n2)c1. The number of nitrogens with zero attached hydrogens (tertiary/aromatic N) is 2. The molecule has 0 radical (unpaired) electrons. The van der Waals surface area contributed by atoms with Crippen LogP contribution in [0.15, 0.2) is 42.5 Å². The topological polar surface area (TPSA) is 85.4 Å². The number of carbonyl (C=O) groups excluding carboxylic acids is 1. The number of nitrogens with one attached hydrogen (secondary N) is 2. The van der Waals surface area contributed by atoms with Gasteiger partial charge in [0, 0.05) is 23.1 Å². The zero-order valence-corrected chi connectivity index (χ0v) is 16.6. The van der Waals surface area contributed by atoms with Gasteiger partial charge in [-0.2, -0.15) is 0 Å². The molecule has 0 saturated heterocycles. The van der Waals surface area contributed by atoms with Crippen molar-refractivity contribution in [3.05, 3.63) is 65.0 Å². The highest BCUT2D eigenvalue weighted by Gasteiger charge is 2.15. The summed E-state index contributed by atoms with van der Waals surface area (Å²) in [6.45, 7) is 6.87. The number of carbonyl (C=O) groups is 1. The van der Waals surface area contributed by atoms with E-state index in [1.807, 2.05) is 39.0 Å². The molecule has 0 bridgehead atoms. The number of aromatic nitrogens is 2. The first-order chi connectivity index (χ1) is 14.0. The fourth-order valence-corrected chi connectivity index (χ4v) is 3.05. The number of amides is 1. The Labute approximate surface area is 169 Å². The second-order valence-corrected chi connectivity index (χ2v) is 6.97. The quantitative estimate of drug-likeness (QED) is 0.695. The lowest BCUT2D eigenvalue weighted by Crippen LogP contribution is -2.17. The van der Waals surface area contributed by atoms with Crippen molar-refractivity contribution in [3.63, 3.8) is 0 Å². The van der Waals surface area contributed by atoms with Gasteiger partial charge in [-0.15, -0.1) is 0 Å². The van der Waals surface area contributed by atoms with E-state index < -0.39 is 0 Å². The second-order valence-electron chi connectivity index (χ2n) is 6.97. The van der Waals surface area contributed by atoms with E-state index in [0.29, 0.717) is 42.0 Å². The summed E-state index contributed by atoms with van der Waals surface area (Å²) < 4.78 is 11.1. The van der Waals surface area contributed by atoms with Gasteiger partial charge in [0.05, 0.1) is 0 Å². The van der Waals surface area contributed by atoms with Crippen LogP contribution in [-0.4, -0.2) is 29.1 Å². The molecule has 2 aromatic carbocycles. The van der Waals surface area contributed by atoms with Crippen molar-refractivity contribution < 1.29 is 14.3 Å². The maximum atomic E-state index is 12.8. The van der Waals surface area contributed by atoms with Crippen LogP contribution < -0.4 is 20.1 Å². The maximum absolute atomic E-state index is 12.8. The minimum Gasteiger partial charge on any atom is -0.486 e. The van der Waals surface area contributed by atoms with Gasteiger partial charge >= 0.3 is 0 Å². The largest absolute Gasteiger partial charge is 0.486 e. The number of aryl methyl sites for hydroxylation is 3. The Kier molecular flexibility index (Phi) is 5.03. The molecule has 0 aliphatic carbocycles. The Bertz CT molecular complexity index is 1080. The molecule has 1 amide bonds. The summed E-state index contributed by atoms with van der Waals surface area (Å²) >= 11 is 0. The van der Waals surface area contributed by atoms with Gasteiger partial charge in [-0.05, 0) is 56.2 Å². The van der Waals surface area contributed by atoms with Crippen LogP contribution in [0.25, 0.3) is 0 Å². The number of benzene rings is 2. The zero-order valence-electron chi connectivity index (χ0n) is 16.6. The van der Waals surface area contributed by atoms with Crippen LogP contribution >= 0.6 is 0 Å². The van der Waals surface area contributed by atoms with E-state index in [2.05, 4.69) is 20.6 Å². The minimum atomic E-state index is -0.323. The fourth-order valence-electron chi connectivity index (χ4n) is 3.05. The third kappa shape index (κ3) is 4.29. The molecule has 0 atom stereocenters. The summed E-state index contributed by atoms with van der Waals surface area (Å²) in [5.74, 6) is 1.35. The summed E-state index contributed by atoms with van der Waals surface area (Å²) in [5, 5.41) is 6.07. The molecule has 0 spiro atoms. The van der Waals surface area contributed by atoms with E-state index in [4.69, 9.17) is 9.47 Å². The molecule has 1 aliphatic rings. The van der Waals surface area contributed by atoms with E-state index in [1.165, 1.54) is 0 Å². The van der Waals surface area contributed by atoms with E-state index in [0.717, 1.165) is 16.8 Å². The third-order valence-corrected chi connectivity index (χ3v) is 4.53. The number of hydrogen-bond acceptors (Lipinski definition) is 6. The number of ether oxygens (including phenoxy) is 2. The maximum Gasteiger partial charge on any atom is 0.274 e. The van der Waals surface area contributed by atoms with Crippen LogP contribution in [0.3, 0.4) is 0 Å². The van der Waals surface area contributed by atoms with Crippen molar-refractivity contribution in [2.24, 2.45) is 0 Å². The van der Waals surface area contributed by atoms with Gasteiger partial charge in [-0.1, -0.05) is 12.1 Å². The van der Waals surface area contributed by atoms with Crippen molar-refractivity contribution in [1.82, 2.24) is 9.97 Å². The van der Waals surface area contributed by atoms with Gasteiger partial charge in [0.1, 0.15) is 18.9 Å². The van der Waals surface area contributed by atoms with Gasteiger partial charge in [-0.25, -0.2) is 9.97 Å². The third-order valence-electron chi connectivity index (χ3n) is 4.53. The van der Waals surface area contributed by atoms with Crippen molar-refractivity contribution in [2.75, 3.05) is 23.8 Å². The van der Waals surface area contributed by atoms with Gasteiger partial charge in [0.25, 0.3) is 5.91 Å². The van der Waals surface area contributed by atoms with Gasteiger partial charge in [0.15, 0.2) is 11.5 Å². The Morgan fingerprint density at radius 2 is 1.72 bits per heavy atom. The molecule has 148 valence electrons. The fraction of sp³-hybridized carbons (Fsp3) is 0.227. The van der Waals surface area contributed by atoms with Crippen molar-refractivity contribution in [3.8, 4) is 11.5 Å². The highest BCUT2D eigenvalue weighted by Crippen LogP contribution is 2.32. The predicted octanol–water partition coefficient (Wildman–Crippen LogP) is 4.17. The summed E-state index contributed by atoms with van der Waals surface area (Å²) in [6.07, 6.45) is 0. The molecule has 2 heterocycles. The number of rotatable bonds is 4. The van der Waals surface area contributed by atoms with Gasteiger partial charge in [-0.3, -0.25) is 4.79 Å². The number of hydrogen-bond donors (Lipinski definition) is 2. The van der Waals surface area contributed by atoms with Crippen molar-refractivity contribution in [1.29, 1.82) is 0 Å². The van der Waals surface area contributed by atoms with E-state index in [-0.39, 0.29) is 11.6 Å². The molecule has 0 unspecified atom stereocenters.